The number of ketones is 1. The zero-order chi connectivity index (χ0) is 27.8. The van der Waals surface area contributed by atoms with Gasteiger partial charge in [-0.3, -0.25) is 14.2 Å². The third kappa shape index (κ3) is 4.38. The molecule has 0 spiro atoms. The lowest BCUT2D eigenvalue weighted by atomic mass is 9.89. The summed E-state index contributed by atoms with van der Waals surface area (Å²) in [6.07, 6.45) is 1.76. The second-order valence-corrected chi connectivity index (χ2v) is 10.0. The van der Waals surface area contributed by atoms with E-state index >= 15 is 0 Å². The molecular weight excluding hydrogens is 516 g/mol. The van der Waals surface area contributed by atoms with Crippen LogP contribution < -0.4 is 33.8 Å². The fourth-order valence-electron chi connectivity index (χ4n) is 5.12. The maximum absolute atomic E-state index is 14.1. The molecule has 8 nitrogen and oxygen atoms in total. The Morgan fingerprint density at radius 3 is 2.23 bits per heavy atom. The molecule has 0 saturated heterocycles. The summed E-state index contributed by atoms with van der Waals surface area (Å²) in [5, 5.41) is 1.87. The van der Waals surface area contributed by atoms with Gasteiger partial charge in [-0.05, 0) is 54.5 Å². The normalized spacial score (nSPS) is 15.1. The van der Waals surface area contributed by atoms with Crippen molar-refractivity contribution in [2.24, 2.45) is 4.99 Å². The fraction of sp³-hybridized carbons (Fsp3) is 0.233. The number of carbonyl (C=O) groups is 1. The minimum Gasteiger partial charge on any atom is -0.496 e. The summed E-state index contributed by atoms with van der Waals surface area (Å²) in [5.41, 5.74) is 2.20. The second kappa shape index (κ2) is 10.4. The van der Waals surface area contributed by atoms with Crippen LogP contribution in [0.15, 0.2) is 69.6 Å². The van der Waals surface area contributed by atoms with Crippen molar-refractivity contribution >= 4 is 34.0 Å². The highest BCUT2D eigenvalue weighted by atomic mass is 32.1. The van der Waals surface area contributed by atoms with Gasteiger partial charge in [-0.2, -0.15) is 0 Å². The molecule has 1 aromatic heterocycles. The monoisotopic (exact) mass is 544 g/mol. The maximum Gasteiger partial charge on any atom is 0.271 e. The SMILES string of the molecule is COc1cc(/C=c2\sc3n(c2=O)[C@H](c2c(OC)ccc4ccccc24)C(C(C)=O)=C(C)N=3)cc(OC)c1OC. The van der Waals surface area contributed by atoms with Gasteiger partial charge in [0.05, 0.1) is 39.0 Å². The van der Waals surface area contributed by atoms with Gasteiger partial charge in [0.2, 0.25) is 5.75 Å². The van der Waals surface area contributed by atoms with E-state index in [-0.39, 0.29) is 11.3 Å². The first-order chi connectivity index (χ1) is 18.8. The minimum absolute atomic E-state index is 0.157. The van der Waals surface area contributed by atoms with E-state index in [1.807, 2.05) is 36.4 Å². The molecule has 0 saturated carbocycles. The highest BCUT2D eigenvalue weighted by Gasteiger charge is 2.33. The molecule has 1 aliphatic heterocycles. The molecule has 4 aromatic rings. The molecule has 200 valence electrons. The quantitative estimate of drug-likeness (QED) is 0.349. The number of aromatic nitrogens is 1. The first-order valence-corrected chi connectivity index (χ1v) is 13.0. The van der Waals surface area contributed by atoms with Gasteiger partial charge >= 0.3 is 0 Å². The Morgan fingerprint density at radius 2 is 1.62 bits per heavy atom. The number of ether oxygens (including phenoxy) is 4. The Labute approximate surface area is 229 Å². The number of hydrogen-bond acceptors (Lipinski definition) is 8. The van der Waals surface area contributed by atoms with E-state index in [2.05, 4.69) is 4.99 Å². The Morgan fingerprint density at radius 1 is 0.949 bits per heavy atom. The summed E-state index contributed by atoms with van der Waals surface area (Å²) in [6, 6.07) is 14.5. The van der Waals surface area contributed by atoms with Crippen molar-refractivity contribution in [3.05, 3.63) is 90.6 Å². The predicted octanol–water partition coefficient (Wildman–Crippen LogP) is 4.01. The third-order valence-corrected chi connectivity index (χ3v) is 7.79. The van der Waals surface area contributed by atoms with Gasteiger partial charge in [0.25, 0.3) is 5.56 Å². The molecule has 39 heavy (non-hydrogen) atoms. The van der Waals surface area contributed by atoms with E-state index in [9.17, 15) is 9.59 Å². The second-order valence-electron chi connectivity index (χ2n) is 9.00. The number of methoxy groups -OCH3 is 4. The van der Waals surface area contributed by atoms with Crippen molar-refractivity contribution in [3.8, 4) is 23.0 Å². The number of benzene rings is 3. The van der Waals surface area contributed by atoms with Crippen molar-refractivity contribution in [2.75, 3.05) is 28.4 Å². The molecular formula is C30H28N2O6S. The smallest absolute Gasteiger partial charge is 0.271 e. The highest BCUT2D eigenvalue weighted by molar-refractivity contribution is 7.07. The summed E-state index contributed by atoms with van der Waals surface area (Å²) >= 11 is 1.26. The number of Topliss-reactive ketones (excluding diaryl/α,β-unsaturated/α-hetero) is 1. The molecule has 9 heteroatoms. The Balaban J connectivity index is 1.82. The average molecular weight is 545 g/mol. The summed E-state index contributed by atoms with van der Waals surface area (Å²) in [7, 11) is 6.21. The van der Waals surface area contributed by atoms with Crippen molar-refractivity contribution < 1.29 is 23.7 Å². The van der Waals surface area contributed by atoms with E-state index in [1.54, 1.807) is 51.0 Å². The topological polar surface area (TPSA) is 88.4 Å². The van der Waals surface area contributed by atoms with Crippen LogP contribution in [-0.4, -0.2) is 38.8 Å². The van der Waals surface area contributed by atoms with Crippen LogP contribution >= 0.6 is 11.3 Å². The van der Waals surface area contributed by atoms with Crippen molar-refractivity contribution in [1.82, 2.24) is 4.57 Å². The number of allylic oxidation sites excluding steroid dienone is 2. The van der Waals surface area contributed by atoms with Gasteiger partial charge in [0.1, 0.15) is 5.75 Å². The van der Waals surface area contributed by atoms with Crippen LogP contribution in [0.3, 0.4) is 0 Å². The van der Waals surface area contributed by atoms with Crippen LogP contribution in [0, 0.1) is 0 Å². The standard InChI is InChI=1S/C30H28N2O6S/c1-16-25(17(2)33)27(26-20-10-8-7-9-19(20)11-12-21(26)35-3)32-29(34)24(39-30(32)31-16)15-18-13-22(36-4)28(38-6)23(14-18)37-5/h7-15,27H,1-6H3/b24-15-/t27-/m0/s1. The molecule has 1 atom stereocenters. The third-order valence-electron chi connectivity index (χ3n) is 6.81. The van der Waals surface area contributed by atoms with Crippen LogP contribution in [0.4, 0.5) is 0 Å². The van der Waals surface area contributed by atoms with Gasteiger partial charge in [0.15, 0.2) is 22.1 Å². The van der Waals surface area contributed by atoms with Gasteiger partial charge in [-0.1, -0.05) is 41.7 Å². The summed E-state index contributed by atoms with van der Waals surface area (Å²) in [6.45, 7) is 3.31. The number of fused-ring (bicyclic) bond motifs is 2. The van der Waals surface area contributed by atoms with E-state index in [4.69, 9.17) is 18.9 Å². The molecule has 3 aromatic carbocycles. The van der Waals surface area contributed by atoms with Crippen LogP contribution in [0.2, 0.25) is 0 Å². The minimum atomic E-state index is -0.707. The largest absolute Gasteiger partial charge is 0.496 e. The van der Waals surface area contributed by atoms with Gasteiger partial charge in [-0.15, -0.1) is 0 Å². The summed E-state index contributed by atoms with van der Waals surface area (Å²) < 4.78 is 24.2. The van der Waals surface area contributed by atoms with Gasteiger partial charge in [0, 0.05) is 16.8 Å². The molecule has 0 amide bonds. The Kier molecular flexibility index (Phi) is 7.01. The van der Waals surface area contributed by atoms with E-state index in [0.717, 1.165) is 16.3 Å². The molecule has 0 unspecified atom stereocenters. The molecule has 2 heterocycles. The van der Waals surface area contributed by atoms with E-state index in [1.165, 1.54) is 25.4 Å². The van der Waals surface area contributed by atoms with Crippen LogP contribution in [0.25, 0.3) is 16.8 Å². The number of carbonyl (C=O) groups excluding carboxylic acids is 1. The summed E-state index contributed by atoms with van der Waals surface area (Å²) in [4.78, 5) is 32.3. The number of rotatable bonds is 7. The lowest BCUT2D eigenvalue weighted by Gasteiger charge is -2.27. The van der Waals surface area contributed by atoms with Crippen molar-refractivity contribution in [1.29, 1.82) is 0 Å². The molecule has 0 fully saturated rings. The fourth-order valence-corrected chi connectivity index (χ4v) is 6.16. The lowest BCUT2D eigenvalue weighted by Crippen LogP contribution is -2.39. The number of nitrogens with zero attached hydrogens (tertiary/aromatic N) is 2. The van der Waals surface area contributed by atoms with Crippen molar-refractivity contribution in [2.45, 2.75) is 19.9 Å². The van der Waals surface area contributed by atoms with E-state index < -0.39 is 6.04 Å². The Bertz CT molecular complexity index is 1810. The molecule has 0 bridgehead atoms. The van der Waals surface area contributed by atoms with E-state index in [0.29, 0.717) is 49.2 Å². The zero-order valence-electron chi connectivity index (χ0n) is 22.5. The maximum atomic E-state index is 14.1. The summed E-state index contributed by atoms with van der Waals surface area (Å²) in [5.74, 6) is 1.85. The lowest BCUT2D eigenvalue weighted by molar-refractivity contribution is -0.114. The first-order valence-electron chi connectivity index (χ1n) is 12.2. The number of hydrogen-bond donors (Lipinski definition) is 0. The average Bonchev–Trinajstić information content (AvgIpc) is 3.24. The van der Waals surface area contributed by atoms with Crippen LogP contribution in [0.5, 0.6) is 23.0 Å². The van der Waals surface area contributed by atoms with Crippen LogP contribution in [0.1, 0.15) is 31.0 Å². The zero-order valence-corrected chi connectivity index (χ0v) is 23.3. The number of thiazole rings is 1. The molecule has 0 aliphatic carbocycles. The van der Waals surface area contributed by atoms with Gasteiger partial charge in [-0.25, -0.2) is 4.99 Å². The van der Waals surface area contributed by atoms with Crippen molar-refractivity contribution in [3.63, 3.8) is 0 Å². The predicted molar refractivity (Wildman–Crippen MR) is 151 cm³/mol. The molecule has 0 radical (unpaired) electrons. The molecule has 1 aliphatic rings. The van der Waals surface area contributed by atoms with Crippen LogP contribution in [-0.2, 0) is 4.79 Å². The van der Waals surface area contributed by atoms with Gasteiger partial charge < -0.3 is 18.9 Å². The first kappa shape index (κ1) is 26.2. The highest BCUT2D eigenvalue weighted by Crippen LogP contribution is 2.40. The molecule has 5 rings (SSSR count). The Hall–Kier alpha value is -4.37. The molecule has 0 N–H and O–H groups in total.